The van der Waals surface area contributed by atoms with E-state index in [2.05, 4.69) is 21.2 Å². The first kappa shape index (κ1) is 15.7. The summed E-state index contributed by atoms with van der Waals surface area (Å²) in [6, 6.07) is 2.04. The Morgan fingerprint density at radius 1 is 1.50 bits per heavy atom. The summed E-state index contributed by atoms with van der Waals surface area (Å²) in [5.41, 5.74) is -0.0575. The molecular formula is C12H12BrClFNO3S. The standard InChI is InChI=1S/C12H12BrClFNO3S/c1-12(2)5-9(12)16-11(17)6-3-7(15)10(13)8(4-6)20(14,18)19/h3-4,9H,5H2,1-2H3,(H,16,17). The summed E-state index contributed by atoms with van der Waals surface area (Å²) < 4.78 is 36.1. The van der Waals surface area contributed by atoms with Crippen molar-refractivity contribution in [3.8, 4) is 0 Å². The van der Waals surface area contributed by atoms with E-state index in [0.717, 1.165) is 18.6 Å². The molecule has 0 aromatic heterocycles. The minimum atomic E-state index is -4.14. The number of hydrogen-bond donors (Lipinski definition) is 1. The summed E-state index contributed by atoms with van der Waals surface area (Å²) in [4.78, 5) is 11.5. The minimum absolute atomic E-state index is 0.0118. The lowest BCUT2D eigenvalue weighted by Crippen LogP contribution is -2.28. The van der Waals surface area contributed by atoms with Crippen molar-refractivity contribution in [2.24, 2.45) is 5.41 Å². The van der Waals surface area contributed by atoms with Gasteiger partial charge >= 0.3 is 0 Å². The molecule has 0 bridgehead atoms. The van der Waals surface area contributed by atoms with E-state index in [0.29, 0.717) is 0 Å². The summed E-state index contributed by atoms with van der Waals surface area (Å²) in [5, 5.41) is 2.73. The maximum absolute atomic E-state index is 13.7. The van der Waals surface area contributed by atoms with E-state index in [1.807, 2.05) is 13.8 Å². The molecule has 1 fully saturated rings. The number of carbonyl (C=O) groups excluding carboxylic acids is 1. The molecule has 8 heteroatoms. The van der Waals surface area contributed by atoms with Crippen LogP contribution in [0, 0.1) is 11.2 Å². The molecule has 0 saturated heterocycles. The molecule has 0 aliphatic heterocycles. The molecule has 1 aliphatic carbocycles. The fraction of sp³-hybridized carbons (Fsp3) is 0.417. The molecule has 0 heterocycles. The van der Waals surface area contributed by atoms with Gasteiger partial charge in [-0.2, -0.15) is 0 Å². The third kappa shape index (κ3) is 3.15. The Morgan fingerprint density at radius 3 is 2.50 bits per heavy atom. The minimum Gasteiger partial charge on any atom is -0.349 e. The number of benzene rings is 1. The van der Waals surface area contributed by atoms with Crippen LogP contribution in [0.1, 0.15) is 30.6 Å². The van der Waals surface area contributed by atoms with Crippen LogP contribution in [0.5, 0.6) is 0 Å². The van der Waals surface area contributed by atoms with Crippen molar-refractivity contribution in [1.82, 2.24) is 5.32 Å². The molecule has 20 heavy (non-hydrogen) atoms. The van der Waals surface area contributed by atoms with Crippen molar-refractivity contribution >= 4 is 41.6 Å². The molecule has 1 aromatic rings. The van der Waals surface area contributed by atoms with Gasteiger partial charge in [-0.3, -0.25) is 4.79 Å². The Bertz CT molecular complexity index is 690. The van der Waals surface area contributed by atoms with Gasteiger partial charge in [0.25, 0.3) is 15.0 Å². The third-order valence-corrected chi connectivity index (χ3v) is 5.75. The first-order valence-electron chi connectivity index (χ1n) is 5.77. The number of rotatable bonds is 3. The van der Waals surface area contributed by atoms with Crippen LogP contribution >= 0.6 is 26.6 Å². The van der Waals surface area contributed by atoms with Crippen LogP contribution in [-0.2, 0) is 9.05 Å². The Morgan fingerprint density at radius 2 is 2.05 bits per heavy atom. The number of hydrogen-bond acceptors (Lipinski definition) is 3. The zero-order valence-corrected chi connectivity index (χ0v) is 13.9. The Labute approximate surface area is 129 Å². The van der Waals surface area contributed by atoms with Crippen molar-refractivity contribution in [1.29, 1.82) is 0 Å². The van der Waals surface area contributed by atoms with Gasteiger partial charge in [0.05, 0.1) is 4.47 Å². The Kier molecular flexibility index (Phi) is 3.90. The molecule has 1 aliphatic rings. The second-order valence-electron chi connectivity index (χ2n) is 5.43. The maximum atomic E-state index is 13.7. The van der Waals surface area contributed by atoms with Crippen molar-refractivity contribution < 1.29 is 17.6 Å². The fourth-order valence-corrected chi connectivity index (χ4v) is 3.92. The summed E-state index contributed by atoms with van der Waals surface area (Å²) in [5.74, 6) is -1.37. The molecule has 2 rings (SSSR count). The predicted molar refractivity (Wildman–Crippen MR) is 76.8 cm³/mol. The van der Waals surface area contributed by atoms with Crippen LogP contribution in [0.25, 0.3) is 0 Å². The third-order valence-electron chi connectivity index (χ3n) is 3.34. The lowest BCUT2D eigenvalue weighted by molar-refractivity contribution is 0.0945. The van der Waals surface area contributed by atoms with Crippen LogP contribution in [0.2, 0.25) is 0 Å². The Balaban J connectivity index is 2.34. The zero-order valence-electron chi connectivity index (χ0n) is 10.7. The molecule has 0 radical (unpaired) electrons. The van der Waals surface area contributed by atoms with Crippen LogP contribution < -0.4 is 5.32 Å². The maximum Gasteiger partial charge on any atom is 0.262 e. The van der Waals surface area contributed by atoms with E-state index >= 15 is 0 Å². The quantitative estimate of drug-likeness (QED) is 0.815. The molecule has 1 N–H and O–H groups in total. The summed E-state index contributed by atoms with van der Waals surface area (Å²) >= 11 is 2.81. The van der Waals surface area contributed by atoms with Crippen molar-refractivity contribution in [2.75, 3.05) is 0 Å². The summed E-state index contributed by atoms with van der Waals surface area (Å²) in [7, 11) is 1.08. The summed E-state index contributed by atoms with van der Waals surface area (Å²) in [6.45, 7) is 3.99. The first-order valence-corrected chi connectivity index (χ1v) is 8.87. The average molecular weight is 385 g/mol. The molecular weight excluding hydrogens is 373 g/mol. The second-order valence-corrected chi connectivity index (χ2v) is 8.75. The first-order chi connectivity index (χ1) is 9.02. The molecule has 110 valence electrons. The average Bonchev–Trinajstić information content (AvgIpc) is 2.87. The van der Waals surface area contributed by atoms with E-state index in [1.165, 1.54) is 0 Å². The molecule has 1 amide bonds. The van der Waals surface area contributed by atoms with Gasteiger partial charge in [-0.1, -0.05) is 13.8 Å². The van der Waals surface area contributed by atoms with E-state index in [4.69, 9.17) is 10.7 Å². The molecule has 1 saturated carbocycles. The number of nitrogens with one attached hydrogen (secondary N) is 1. The van der Waals surface area contributed by atoms with Crippen LogP contribution in [0.4, 0.5) is 4.39 Å². The molecule has 0 spiro atoms. The van der Waals surface area contributed by atoms with Crippen molar-refractivity contribution in [2.45, 2.75) is 31.2 Å². The highest BCUT2D eigenvalue weighted by atomic mass is 79.9. The van der Waals surface area contributed by atoms with Crippen LogP contribution in [-0.4, -0.2) is 20.4 Å². The smallest absolute Gasteiger partial charge is 0.262 e. The topological polar surface area (TPSA) is 63.2 Å². The van der Waals surface area contributed by atoms with Crippen molar-refractivity contribution in [3.63, 3.8) is 0 Å². The molecule has 1 atom stereocenters. The highest BCUT2D eigenvalue weighted by Crippen LogP contribution is 2.44. The van der Waals surface area contributed by atoms with Gasteiger partial charge in [0.15, 0.2) is 0 Å². The number of halogens is 3. The van der Waals surface area contributed by atoms with Gasteiger partial charge in [0.1, 0.15) is 10.7 Å². The highest BCUT2D eigenvalue weighted by molar-refractivity contribution is 9.10. The van der Waals surface area contributed by atoms with Gasteiger partial charge in [0.2, 0.25) is 0 Å². The molecule has 4 nitrogen and oxygen atoms in total. The van der Waals surface area contributed by atoms with Gasteiger partial charge in [-0.15, -0.1) is 0 Å². The fourth-order valence-electron chi connectivity index (χ4n) is 1.83. The lowest BCUT2D eigenvalue weighted by Gasteiger charge is -2.09. The van der Waals surface area contributed by atoms with E-state index in [9.17, 15) is 17.6 Å². The number of carbonyl (C=O) groups is 1. The van der Waals surface area contributed by atoms with Crippen molar-refractivity contribution in [3.05, 3.63) is 28.0 Å². The number of amides is 1. The normalized spacial score (nSPS) is 20.6. The molecule has 1 aromatic carbocycles. The monoisotopic (exact) mass is 383 g/mol. The van der Waals surface area contributed by atoms with E-state index in [1.54, 1.807) is 0 Å². The van der Waals surface area contributed by atoms with Gasteiger partial charge in [0, 0.05) is 22.3 Å². The van der Waals surface area contributed by atoms with Gasteiger partial charge < -0.3 is 5.32 Å². The Hall–Kier alpha value is -0.660. The predicted octanol–water partition coefficient (Wildman–Crippen LogP) is 3.04. The summed E-state index contributed by atoms with van der Waals surface area (Å²) in [6.07, 6.45) is 0.832. The largest absolute Gasteiger partial charge is 0.349 e. The van der Waals surface area contributed by atoms with E-state index < -0.39 is 25.7 Å². The van der Waals surface area contributed by atoms with E-state index in [-0.39, 0.29) is 21.5 Å². The molecule has 1 unspecified atom stereocenters. The zero-order chi connectivity index (χ0) is 15.3. The highest BCUT2D eigenvalue weighted by Gasteiger charge is 2.46. The van der Waals surface area contributed by atoms with Crippen LogP contribution in [0.3, 0.4) is 0 Å². The van der Waals surface area contributed by atoms with Gasteiger partial charge in [-0.25, -0.2) is 12.8 Å². The second kappa shape index (κ2) is 4.96. The van der Waals surface area contributed by atoms with Crippen LogP contribution in [0.15, 0.2) is 21.5 Å². The SMILES string of the molecule is CC1(C)CC1NC(=O)c1cc(F)c(Br)c(S(=O)(=O)Cl)c1. The lowest BCUT2D eigenvalue weighted by atomic mass is 10.1. The van der Waals surface area contributed by atoms with Gasteiger partial charge in [-0.05, 0) is 39.9 Å².